The molecule has 0 aliphatic heterocycles. The number of hydrogen-bond donors (Lipinski definition) is 1. The molecule has 0 amide bonds. The smallest absolute Gasteiger partial charge is 0.0542 e. The zero-order valence-corrected chi connectivity index (χ0v) is 11.5. The van der Waals surface area contributed by atoms with Gasteiger partial charge in [-0.1, -0.05) is 41.5 Å². The van der Waals surface area contributed by atoms with E-state index in [2.05, 4.69) is 41.5 Å². The molecule has 2 atom stereocenters. The third kappa shape index (κ3) is 10.2. The van der Waals surface area contributed by atoms with Crippen molar-refractivity contribution in [1.82, 2.24) is 0 Å². The maximum absolute atomic E-state index is 9.77. The van der Waals surface area contributed by atoms with Crippen molar-refractivity contribution in [2.45, 2.75) is 73.3 Å². The van der Waals surface area contributed by atoms with Crippen molar-refractivity contribution < 1.29 is 5.11 Å². The Kier molecular flexibility index (Phi) is 6.51. The van der Waals surface area contributed by atoms with E-state index in [0.717, 1.165) is 25.2 Å². The maximum atomic E-state index is 9.77. The van der Waals surface area contributed by atoms with Crippen molar-refractivity contribution in [2.24, 2.45) is 17.3 Å². The predicted molar refractivity (Wildman–Crippen MR) is 67.9 cm³/mol. The van der Waals surface area contributed by atoms with Crippen LogP contribution in [0.1, 0.15) is 67.2 Å². The minimum absolute atomic E-state index is 0.0904. The average Bonchev–Trinajstić information content (AvgIpc) is 1.96. The molecule has 0 aromatic rings. The van der Waals surface area contributed by atoms with Crippen LogP contribution in [0.15, 0.2) is 0 Å². The van der Waals surface area contributed by atoms with E-state index in [0.29, 0.717) is 11.3 Å². The van der Waals surface area contributed by atoms with Crippen molar-refractivity contribution >= 4 is 0 Å². The quantitative estimate of drug-likeness (QED) is 0.701. The molecule has 2 unspecified atom stereocenters. The summed E-state index contributed by atoms with van der Waals surface area (Å²) in [7, 11) is 0. The summed E-state index contributed by atoms with van der Waals surface area (Å²) in [5, 5.41) is 9.77. The van der Waals surface area contributed by atoms with Gasteiger partial charge in [0.25, 0.3) is 0 Å². The molecule has 0 spiro atoms. The van der Waals surface area contributed by atoms with E-state index in [-0.39, 0.29) is 6.10 Å². The number of rotatable bonds is 6. The Morgan fingerprint density at radius 2 is 1.53 bits per heavy atom. The summed E-state index contributed by atoms with van der Waals surface area (Å²) in [6.45, 7) is 13.5. The Morgan fingerprint density at radius 1 is 1.00 bits per heavy atom. The van der Waals surface area contributed by atoms with E-state index in [9.17, 15) is 5.11 Å². The standard InChI is InChI=1S/C14H30O/c1-11(2)9-13(15)8-7-12(3)10-14(4,5)6/h11-13,15H,7-10H2,1-6H3. The molecule has 0 aliphatic carbocycles. The van der Waals surface area contributed by atoms with Crippen LogP contribution in [0.4, 0.5) is 0 Å². The minimum atomic E-state index is -0.0904. The van der Waals surface area contributed by atoms with E-state index in [1.807, 2.05) is 0 Å². The lowest BCUT2D eigenvalue weighted by Gasteiger charge is -2.24. The highest BCUT2D eigenvalue weighted by atomic mass is 16.3. The summed E-state index contributed by atoms with van der Waals surface area (Å²) >= 11 is 0. The first-order valence-corrected chi connectivity index (χ1v) is 6.39. The van der Waals surface area contributed by atoms with Gasteiger partial charge in [-0.15, -0.1) is 0 Å². The largest absolute Gasteiger partial charge is 0.393 e. The fraction of sp³-hybridized carbons (Fsp3) is 1.00. The Bertz CT molecular complexity index is 155. The van der Waals surface area contributed by atoms with Gasteiger partial charge in [-0.25, -0.2) is 0 Å². The first-order chi connectivity index (χ1) is 6.70. The first kappa shape index (κ1) is 15.0. The van der Waals surface area contributed by atoms with Gasteiger partial charge in [-0.3, -0.25) is 0 Å². The van der Waals surface area contributed by atoms with E-state index >= 15 is 0 Å². The highest BCUT2D eigenvalue weighted by Crippen LogP contribution is 2.27. The fourth-order valence-electron chi connectivity index (χ4n) is 2.29. The van der Waals surface area contributed by atoms with Crippen molar-refractivity contribution in [3.05, 3.63) is 0 Å². The monoisotopic (exact) mass is 214 g/mol. The van der Waals surface area contributed by atoms with Gasteiger partial charge in [-0.2, -0.15) is 0 Å². The van der Waals surface area contributed by atoms with Crippen LogP contribution in [0.2, 0.25) is 0 Å². The van der Waals surface area contributed by atoms with E-state index in [1.165, 1.54) is 6.42 Å². The van der Waals surface area contributed by atoms with Gasteiger partial charge in [0.05, 0.1) is 6.10 Å². The zero-order chi connectivity index (χ0) is 12.1. The number of hydrogen-bond acceptors (Lipinski definition) is 1. The molecule has 0 aliphatic rings. The topological polar surface area (TPSA) is 20.2 Å². The van der Waals surface area contributed by atoms with Crippen LogP contribution in [-0.4, -0.2) is 11.2 Å². The molecule has 1 N–H and O–H groups in total. The highest BCUT2D eigenvalue weighted by molar-refractivity contribution is 4.68. The molecule has 0 saturated heterocycles. The Balaban J connectivity index is 3.66. The van der Waals surface area contributed by atoms with Crippen LogP contribution in [0.25, 0.3) is 0 Å². The van der Waals surface area contributed by atoms with E-state index in [1.54, 1.807) is 0 Å². The third-order valence-electron chi connectivity index (χ3n) is 2.70. The minimum Gasteiger partial charge on any atom is -0.393 e. The van der Waals surface area contributed by atoms with Gasteiger partial charge >= 0.3 is 0 Å². The van der Waals surface area contributed by atoms with Gasteiger partial charge < -0.3 is 5.11 Å². The van der Waals surface area contributed by atoms with Crippen LogP contribution in [-0.2, 0) is 0 Å². The molecule has 0 fully saturated rings. The second kappa shape index (κ2) is 6.52. The van der Waals surface area contributed by atoms with Crippen molar-refractivity contribution in [2.75, 3.05) is 0 Å². The third-order valence-corrected chi connectivity index (χ3v) is 2.70. The SMILES string of the molecule is CC(C)CC(O)CCC(C)CC(C)(C)C. The molecule has 0 aromatic heterocycles. The second-order valence-electron chi connectivity index (χ2n) is 6.73. The van der Waals surface area contributed by atoms with Crippen LogP contribution in [0, 0.1) is 17.3 Å². The zero-order valence-electron chi connectivity index (χ0n) is 11.5. The summed E-state index contributed by atoms with van der Waals surface area (Å²) in [4.78, 5) is 0. The molecular formula is C14H30O. The van der Waals surface area contributed by atoms with Gasteiger partial charge in [0, 0.05) is 0 Å². The number of aliphatic hydroxyl groups is 1. The molecule has 0 bridgehead atoms. The van der Waals surface area contributed by atoms with Gasteiger partial charge in [0.15, 0.2) is 0 Å². The maximum Gasteiger partial charge on any atom is 0.0542 e. The molecule has 1 nitrogen and oxygen atoms in total. The van der Waals surface area contributed by atoms with Crippen LogP contribution in [0.3, 0.4) is 0 Å². The van der Waals surface area contributed by atoms with E-state index in [4.69, 9.17) is 0 Å². The van der Waals surface area contributed by atoms with Crippen LogP contribution < -0.4 is 0 Å². The summed E-state index contributed by atoms with van der Waals surface area (Å²) in [6, 6.07) is 0. The van der Waals surface area contributed by atoms with Crippen LogP contribution >= 0.6 is 0 Å². The lowest BCUT2D eigenvalue weighted by atomic mass is 9.83. The van der Waals surface area contributed by atoms with Crippen LogP contribution in [0.5, 0.6) is 0 Å². The van der Waals surface area contributed by atoms with Crippen molar-refractivity contribution in [1.29, 1.82) is 0 Å². The summed E-state index contributed by atoms with van der Waals surface area (Å²) in [6.07, 6.45) is 4.23. The van der Waals surface area contributed by atoms with Gasteiger partial charge in [-0.05, 0) is 42.9 Å². The first-order valence-electron chi connectivity index (χ1n) is 6.39. The lowest BCUT2D eigenvalue weighted by Crippen LogP contribution is -2.15. The Hall–Kier alpha value is -0.0400. The van der Waals surface area contributed by atoms with E-state index < -0.39 is 0 Å². The molecule has 15 heavy (non-hydrogen) atoms. The molecule has 0 radical (unpaired) electrons. The van der Waals surface area contributed by atoms with Crippen molar-refractivity contribution in [3.8, 4) is 0 Å². The molecule has 1 heteroatoms. The molecular weight excluding hydrogens is 184 g/mol. The molecule has 0 saturated carbocycles. The molecule has 0 heterocycles. The fourth-order valence-corrected chi connectivity index (χ4v) is 2.29. The number of aliphatic hydroxyl groups excluding tert-OH is 1. The highest BCUT2D eigenvalue weighted by Gasteiger charge is 2.16. The Labute approximate surface area is 96.3 Å². The molecule has 0 rings (SSSR count). The lowest BCUT2D eigenvalue weighted by molar-refractivity contribution is 0.127. The summed E-state index contributed by atoms with van der Waals surface area (Å²) in [5.74, 6) is 1.34. The normalized spacial score (nSPS) is 16.8. The molecule has 92 valence electrons. The Morgan fingerprint density at radius 3 is 1.93 bits per heavy atom. The van der Waals surface area contributed by atoms with Gasteiger partial charge in [0.1, 0.15) is 0 Å². The summed E-state index contributed by atoms with van der Waals surface area (Å²) < 4.78 is 0. The van der Waals surface area contributed by atoms with Gasteiger partial charge in [0.2, 0.25) is 0 Å². The van der Waals surface area contributed by atoms with Crippen molar-refractivity contribution in [3.63, 3.8) is 0 Å². The molecule has 0 aromatic carbocycles. The average molecular weight is 214 g/mol. The second-order valence-corrected chi connectivity index (χ2v) is 6.73. The summed E-state index contributed by atoms with van der Waals surface area (Å²) in [5.41, 5.74) is 0.419. The predicted octanol–water partition coefficient (Wildman–Crippen LogP) is 4.25.